The van der Waals surface area contributed by atoms with Crippen molar-refractivity contribution < 1.29 is 4.79 Å². The van der Waals surface area contributed by atoms with Crippen LogP contribution < -0.4 is 16.8 Å². The number of ketones is 1. The quantitative estimate of drug-likeness (QED) is 0.201. The van der Waals surface area contributed by atoms with Gasteiger partial charge in [-0.3, -0.25) is 10.2 Å². The molecule has 0 spiro atoms. The van der Waals surface area contributed by atoms with Gasteiger partial charge in [0.1, 0.15) is 0 Å². The van der Waals surface area contributed by atoms with Gasteiger partial charge in [0.15, 0.2) is 11.7 Å². The molecule has 0 bridgehead atoms. The Kier molecular flexibility index (Phi) is 6.26. The van der Waals surface area contributed by atoms with Crippen molar-refractivity contribution in [2.45, 2.75) is 18.9 Å². The molecule has 0 saturated heterocycles. The van der Waals surface area contributed by atoms with Gasteiger partial charge in [-0.2, -0.15) is 0 Å². The van der Waals surface area contributed by atoms with Crippen LogP contribution in [0.4, 0.5) is 0 Å². The lowest BCUT2D eigenvalue weighted by atomic mass is 10.1. The monoisotopic (exact) mass is 206 g/mol. The Morgan fingerprint density at radius 3 is 2.69 bits per heavy atom. The number of carbonyl (C=O) groups excluding carboxylic acids is 1. The second kappa shape index (κ2) is 6.68. The normalized spacial score (nSPS) is 12.2. The highest BCUT2D eigenvalue weighted by Crippen LogP contribution is 1.96. The van der Waals surface area contributed by atoms with Crippen LogP contribution in [0.5, 0.6) is 0 Å². The van der Waals surface area contributed by atoms with E-state index in [1.807, 2.05) is 0 Å². The molecule has 1 unspecified atom stereocenters. The topological polar surface area (TPSA) is 105 Å². The lowest BCUT2D eigenvalue weighted by molar-refractivity contribution is -0.118. The molecule has 76 valence electrons. The van der Waals surface area contributed by atoms with E-state index in [0.717, 1.165) is 0 Å². The maximum absolute atomic E-state index is 10.9. The number of rotatable bonds is 6. The minimum absolute atomic E-state index is 0.0404. The predicted molar refractivity (Wildman–Crippen MR) is 52.9 cm³/mol. The highest BCUT2D eigenvalue weighted by Gasteiger charge is 2.10. The summed E-state index contributed by atoms with van der Waals surface area (Å²) in [7, 11) is 0. The number of nitrogens with two attached hydrogens (primary N) is 2. The summed E-state index contributed by atoms with van der Waals surface area (Å²) < 4.78 is 0. The van der Waals surface area contributed by atoms with Crippen LogP contribution in [0.1, 0.15) is 12.8 Å². The molecule has 0 radical (unpaired) electrons. The van der Waals surface area contributed by atoms with Crippen molar-refractivity contribution in [3.63, 3.8) is 0 Å². The molecule has 6 heteroatoms. The highest BCUT2D eigenvalue weighted by atomic mass is 35.5. The van der Waals surface area contributed by atoms with Crippen LogP contribution in [-0.2, 0) is 4.79 Å². The van der Waals surface area contributed by atoms with Crippen molar-refractivity contribution in [3.8, 4) is 0 Å². The Morgan fingerprint density at radius 1 is 1.62 bits per heavy atom. The predicted octanol–water partition coefficient (Wildman–Crippen LogP) is -0.615. The number of Topliss-reactive ketones (excluding diaryl/α,β-unsaturated/α-hetero) is 1. The number of hydrogen-bond acceptors (Lipinski definition) is 3. The molecule has 0 aromatic heterocycles. The van der Waals surface area contributed by atoms with Crippen LogP contribution in [0, 0.1) is 5.41 Å². The minimum Gasteiger partial charge on any atom is -0.370 e. The summed E-state index contributed by atoms with van der Waals surface area (Å²) in [6, 6.07) is -0.494. The van der Waals surface area contributed by atoms with Gasteiger partial charge in [0.25, 0.3) is 0 Å². The first-order valence-electron chi connectivity index (χ1n) is 4.00. The van der Waals surface area contributed by atoms with E-state index in [1.165, 1.54) is 0 Å². The van der Waals surface area contributed by atoms with E-state index >= 15 is 0 Å². The second-order valence-electron chi connectivity index (χ2n) is 2.69. The molecule has 0 aliphatic heterocycles. The zero-order valence-corrected chi connectivity index (χ0v) is 8.10. The fourth-order valence-electron chi connectivity index (χ4n) is 0.805. The third-order valence-electron chi connectivity index (χ3n) is 1.55. The summed E-state index contributed by atoms with van der Waals surface area (Å²) in [5, 5.41) is 9.47. The fourth-order valence-corrected chi connectivity index (χ4v) is 1.00. The van der Waals surface area contributed by atoms with E-state index in [4.69, 9.17) is 28.5 Å². The number of hydrogen-bond donors (Lipinski definition) is 4. The van der Waals surface area contributed by atoms with Gasteiger partial charge < -0.3 is 16.8 Å². The molecule has 0 aliphatic rings. The first kappa shape index (κ1) is 12.2. The summed E-state index contributed by atoms with van der Waals surface area (Å²) in [5.74, 6) is -0.261. The SMILES string of the molecule is N=C(N)NCCCC(N)C(=O)CCl. The molecule has 0 rings (SSSR count). The molecule has 0 aromatic carbocycles. The molecule has 0 heterocycles. The van der Waals surface area contributed by atoms with Crippen LogP contribution in [0.2, 0.25) is 0 Å². The van der Waals surface area contributed by atoms with Gasteiger partial charge in [0.05, 0.1) is 11.9 Å². The first-order chi connectivity index (χ1) is 6.07. The van der Waals surface area contributed by atoms with E-state index in [9.17, 15) is 4.79 Å². The molecule has 13 heavy (non-hydrogen) atoms. The van der Waals surface area contributed by atoms with Crippen molar-refractivity contribution in [3.05, 3.63) is 0 Å². The molecule has 0 fully saturated rings. The molecule has 0 aliphatic carbocycles. The average Bonchev–Trinajstić information content (AvgIpc) is 2.10. The van der Waals surface area contributed by atoms with Gasteiger partial charge in [-0.1, -0.05) is 0 Å². The van der Waals surface area contributed by atoms with Crippen molar-refractivity contribution in [2.24, 2.45) is 11.5 Å². The van der Waals surface area contributed by atoms with Gasteiger partial charge >= 0.3 is 0 Å². The summed E-state index contributed by atoms with van der Waals surface area (Å²) in [5.41, 5.74) is 10.5. The van der Waals surface area contributed by atoms with E-state index in [-0.39, 0.29) is 17.6 Å². The number of carbonyl (C=O) groups is 1. The van der Waals surface area contributed by atoms with Crippen LogP contribution >= 0.6 is 11.6 Å². The lowest BCUT2D eigenvalue weighted by Crippen LogP contribution is -2.34. The minimum atomic E-state index is -0.494. The van der Waals surface area contributed by atoms with Crippen molar-refractivity contribution in [2.75, 3.05) is 12.4 Å². The molecular weight excluding hydrogens is 192 g/mol. The van der Waals surface area contributed by atoms with Gasteiger partial charge in [-0.15, -0.1) is 11.6 Å². The fraction of sp³-hybridized carbons (Fsp3) is 0.714. The maximum Gasteiger partial charge on any atom is 0.185 e. The largest absolute Gasteiger partial charge is 0.370 e. The first-order valence-corrected chi connectivity index (χ1v) is 4.53. The summed E-state index contributed by atoms with van der Waals surface area (Å²) >= 11 is 5.31. The number of halogens is 1. The Morgan fingerprint density at radius 2 is 2.23 bits per heavy atom. The summed E-state index contributed by atoms with van der Waals surface area (Å²) in [6.07, 6.45) is 1.26. The number of nitrogens with one attached hydrogen (secondary N) is 2. The van der Waals surface area contributed by atoms with Gasteiger partial charge in [0, 0.05) is 6.54 Å². The van der Waals surface area contributed by atoms with E-state index < -0.39 is 6.04 Å². The summed E-state index contributed by atoms with van der Waals surface area (Å²) in [4.78, 5) is 10.9. The van der Waals surface area contributed by atoms with E-state index in [1.54, 1.807) is 0 Å². The van der Waals surface area contributed by atoms with E-state index in [0.29, 0.717) is 19.4 Å². The smallest absolute Gasteiger partial charge is 0.185 e. The zero-order chi connectivity index (χ0) is 10.3. The Hall–Kier alpha value is -0.810. The van der Waals surface area contributed by atoms with Crippen molar-refractivity contribution in [1.82, 2.24) is 5.32 Å². The van der Waals surface area contributed by atoms with Crippen LogP contribution in [0.25, 0.3) is 0 Å². The highest BCUT2D eigenvalue weighted by molar-refractivity contribution is 6.28. The van der Waals surface area contributed by atoms with Crippen LogP contribution in [0.15, 0.2) is 0 Å². The molecule has 5 nitrogen and oxygen atoms in total. The Bertz CT molecular complexity index is 185. The van der Waals surface area contributed by atoms with Crippen molar-refractivity contribution >= 4 is 23.3 Å². The summed E-state index contributed by atoms with van der Waals surface area (Å²) in [6.45, 7) is 0.554. The van der Waals surface area contributed by atoms with Crippen LogP contribution in [0.3, 0.4) is 0 Å². The lowest BCUT2D eigenvalue weighted by Gasteiger charge is -2.08. The van der Waals surface area contributed by atoms with Gasteiger partial charge in [-0.05, 0) is 12.8 Å². The maximum atomic E-state index is 10.9. The average molecular weight is 207 g/mol. The van der Waals surface area contributed by atoms with E-state index in [2.05, 4.69) is 5.32 Å². The molecule has 0 saturated carbocycles. The Labute approximate surface area is 82.3 Å². The standard InChI is InChI=1S/C7H15ClN4O/c8-4-6(13)5(9)2-1-3-12-7(10)11/h5H,1-4,9H2,(H4,10,11,12). The van der Waals surface area contributed by atoms with Crippen molar-refractivity contribution in [1.29, 1.82) is 5.41 Å². The third kappa shape index (κ3) is 6.36. The van der Waals surface area contributed by atoms with Gasteiger partial charge in [-0.25, -0.2) is 0 Å². The molecule has 6 N–H and O–H groups in total. The Balaban J connectivity index is 3.42. The third-order valence-corrected chi connectivity index (χ3v) is 1.82. The second-order valence-corrected chi connectivity index (χ2v) is 2.96. The molecular formula is C7H15ClN4O. The molecule has 0 amide bonds. The zero-order valence-electron chi connectivity index (χ0n) is 7.35. The molecule has 1 atom stereocenters. The number of guanidine groups is 1. The molecule has 0 aromatic rings. The number of alkyl halides is 1. The van der Waals surface area contributed by atoms with Crippen LogP contribution in [-0.4, -0.2) is 30.2 Å². The van der Waals surface area contributed by atoms with Gasteiger partial charge in [0.2, 0.25) is 0 Å².